The van der Waals surface area contributed by atoms with Gasteiger partial charge in [0.2, 0.25) is 0 Å². The first-order valence-corrected chi connectivity index (χ1v) is 6.13. The van der Waals surface area contributed by atoms with Crippen molar-refractivity contribution >= 4 is 6.29 Å². The molecule has 0 saturated heterocycles. The van der Waals surface area contributed by atoms with Gasteiger partial charge in [-0.05, 0) is 29.8 Å². The number of rotatable bonds is 6. The van der Waals surface area contributed by atoms with Gasteiger partial charge in [0.05, 0.1) is 19.3 Å². The summed E-state index contributed by atoms with van der Waals surface area (Å²) in [5.74, 6) is 1.46. The molecule has 0 aromatic heterocycles. The van der Waals surface area contributed by atoms with E-state index < -0.39 is 0 Å². The Kier molecular flexibility index (Phi) is 4.56. The Balaban J connectivity index is 1.94. The van der Waals surface area contributed by atoms with E-state index in [9.17, 15) is 4.79 Å². The van der Waals surface area contributed by atoms with E-state index in [1.165, 1.54) is 0 Å². The van der Waals surface area contributed by atoms with Gasteiger partial charge in [0.15, 0.2) is 6.29 Å². The SMILES string of the molecule is COc1cccc(CCOc2ccccc2C=O)c1. The number of methoxy groups -OCH3 is 1. The number of hydrogen-bond acceptors (Lipinski definition) is 3. The first kappa shape index (κ1) is 13.1. The van der Waals surface area contributed by atoms with Crippen LogP contribution in [0.5, 0.6) is 11.5 Å². The second-order valence-electron chi connectivity index (χ2n) is 4.11. The third-order valence-corrected chi connectivity index (χ3v) is 2.83. The first-order chi connectivity index (χ1) is 9.33. The third kappa shape index (κ3) is 3.58. The van der Waals surface area contributed by atoms with E-state index in [0.717, 1.165) is 24.0 Å². The Labute approximate surface area is 112 Å². The summed E-state index contributed by atoms with van der Waals surface area (Å²) < 4.78 is 10.8. The molecule has 0 fully saturated rings. The van der Waals surface area contributed by atoms with Crippen LogP contribution in [0, 0.1) is 0 Å². The highest BCUT2D eigenvalue weighted by Crippen LogP contribution is 2.17. The van der Waals surface area contributed by atoms with E-state index in [1.54, 1.807) is 19.2 Å². The fraction of sp³-hybridized carbons (Fsp3) is 0.188. The van der Waals surface area contributed by atoms with Crippen molar-refractivity contribution in [1.29, 1.82) is 0 Å². The highest BCUT2D eigenvalue weighted by atomic mass is 16.5. The molecule has 98 valence electrons. The summed E-state index contributed by atoms with van der Waals surface area (Å²) in [4.78, 5) is 10.8. The van der Waals surface area contributed by atoms with Crippen LogP contribution in [0.15, 0.2) is 48.5 Å². The maximum Gasteiger partial charge on any atom is 0.153 e. The highest BCUT2D eigenvalue weighted by Gasteiger charge is 2.02. The van der Waals surface area contributed by atoms with Gasteiger partial charge < -0.3 is 9.47 Å². The lowest BCUT2D eigenvalue weighted by molar-refractivity contribution is 0.111. The maximum atomic E-state index is 10.8. The Morgan fingerprint density at radius 3 is 2.74 bits per heavy atom. The summed E-state index contributed by atoms with van der Waals surface area (Å²) in [6.45, 7) is 0.526. The van der Waals surface area contributed by atoms with Gasteiger partial charge in [-0.25, -0.2) is 0 Å². The van der Waals surface area contributed by atoms with Crippen molar-refractivity contribution in [3.8, 4) is 11.5 Å². The highest BCUT2D eigenvalue weighted by molar-refractivity contribution is 5.79. The number of carbonyl (C=O) groups is 1. The minimum Gasteiger partial charge on any atom is -0.497 e. The van der Waals surface area contributed by atoms with Crippen LogP contribution in [0.25, 0.3) is 0 Å². The van der Waals surface area contributed by atoms with Crippen LogP contribution in [0.3, 0.4) is 0 Å². The monoisotopic (exact) mass is 256 g/mol. The molecule has 0 atom stereocenters. The Morgan fingerprint density at radius 1 is 1.11 bits per heavy atom. The molecule has 3 nitrogen and oxygen atoms in total. The van der Waals surface area contributed by atoms with Gasteiger partial charge in [0, 0.05) is 6.42 Å². The zero-order chi connectivity index (χ0) is 13.5. The van der Waals surface area contributed by atoms with E-state index in [0.29, 0.717) is 17.9 Å². The van der Waals surface area contributed by atoms with Crippen molar-refractivity contribution in [3.63, 3.8) is 0 Å². The number of para-hydroxylation sites is 1. The lowest BCUT2D eigenvalue weighted by Crippen LogP contribution is -2.03. The molecule has 0 radical (unpaired) electrons. The minimum atomic E-state index is 0.526. The van der Waals surface area contributed by atoms with Crippen LogP contribution in [0.2, 0.25) is 0 Å². The van der Waals surface area contributed by atoms with E-state index in [1.807, 2.05) is 36.4 Å². The van der Waals surface area contributed by atoms with Crippen LogP contribution in [-0.2, 0) is 6.42 Å². The predicted octanol–water partition coefficient (Wildman–Crippen LogP) is 3.13. The predicted molar refractivity (Wildman–Crippen MR) is 74.0 cm³/mol. The Bertz CT molecular complexity index is 549. The number of benzene rings is 2. The van der Waals surface area contributed by atoms with Gasteiger partial charge in [-0.3, -0.25) is 4.79 Å². The van der Waals surface area contributed by atoms with Crippen LogP contribution in [0.1, 0.15) is 15.9 Å². The summed E-state index contributed by atoms with van der Waals surface area (Å²) >= 11 is 0. The second-order valence-corrected chi connectivity index (χ2v) is 4.11. The van der Waals surface area contributed by atoms with Gasteiger partial charge in [0.25, 0.3) is 0 Å². The van der Waals surface area contributed by atoms with Crippen molar-refractivity contribution in [2.45, 2.75) is 6.42 Å². The topological polar surface area (TPSA) is 35.5 Å². The third-order valence-electron chi connectivity index (χ3n) is 2.83. The quantitative estimate of drug-likeness (QED) is 0.745. The number of carbonyl (C=O) groups excluding carboxylic acids is 1. The molecular weight excluding hydrogens is 240 g/mol. The maximum absolute atomic E-state index is 10.8. The molecule has 0 bridgehead atoms. The van der Waals surface area contributed by atoms with Crippen LogP contribution >= 0.6 is 0 Å². The summed E-state index contributed by atoms with van der Waals surface area (Å²) in [7, 11) is 1.65. The molecule has 3 heteroatoms. The average molecular weight is 256 g/mol. The number of ether oxygens (including phenoxy) is 2. The molecule has 19 heavy (non-hydrogen) atoms. The van der Waals surface area contributed by atoms with Crippen LogP contribution in [0.4, 0.5) is 0 Å². The van der Waals surface area contributed by atoms with Crippen LogP contribution in [-0.4, -0.2) is 20.0 Å². The molecule has 0 heterocycles. The molecule has 0 aliphatic heterocycles. The van der Waals surface area contributed by atoms with E-state index in [2.05, 4.69) is 0 Å². The normalized spacial score (nSPS) is 9.95. The van der Waals surface area contributed by atoms with Crippen molar-refractivity contribution < 1.29 is 14.3 Å². The molecule has 2 aromatic rings. The molecule has 2 rings (SSSR count). The summed E-state index contributed by atoms with van der Waals surface area (Å²) in [5.41, 5.74) is 1.72. The summed E-state index contributed by atoms with van der Waals surface area (Å²) in [5, 5.41) is 0. The van der Waals surface area contributed by atoms with Crippen molar-refractivity contribution in [3.05, 3.63) is 59.7 Å². The van der Waals surface area contributed by atoms with Gasteiger partial charge in [-0.2, -0.15) is 0 Å². The fourth-order valence-corrected chi connectivity index (χ4v) is 1.82. The minimum absolute atomic E-state index is 0.526. The van der Waals surface area contributed by atoms with Gasteiger partial charge in [0.1, 0.15) is 11.5 Å². The second kappa shape index (κ2) is 6.59. The molecule has 0 aliphatic rings. The molecule has 0 saturated carbocycles. The molecule has 0 N–H and O–H groups in total. The molecule has 0 spiro atoms. The fourth-order valence-electron chi connectivity index (χ4n) is 1.82. The largest absolute Gasteiger partial charge is 0.497 e. The van der Waals surface area contributed by atoms with Crippen molar-refractivity contribution in [2.75, 3.05) is 13.7 Å². The van der Waals surface area contributed by atoms with E-state index in [4.69, 9.17) is 9.47 Å². The van der Waals surface area contributed by atoms with Crippen LogP contribution < -0.4 is 9.47 Å². The zero-order valence-corrected chi connectivity index (χ0v) is 10.8. The molecule has 0 aliphatic carbocycles. The Hall–Kier alpha value is -2.29. The van der Waals surface area contributed by atoms with Crippen molar-refractivity contribution in [2.24, 2.45) is 0 Å². The number of hydrogen-bond donors (Lipinski definition) is 0. The lowest BCUT2D eigenvalue weighted by Gasteiger charge is -2.08. The molecule has 2 aromatic carbocycles. The lowest BCUT2D eigenvalue weighted by atomic mass is 10.1. The standard InChI is InChI=1S/C16H16O3/c1-18-15-7-4-5-13(11-15)9-10-19-16-8-3-2-6-14(16)12-17/h2-8,11-12H,9-10H2,1H3. The summed E-state index contributed by atoms with van der Waals surface area (Å²) in [6, 6.07) is 15.1. The Morgan fingerprint density at radius 2 is 1.95 bits per heavy atom. The van der Waals surface area contributed by atoms with Gasteiger partial charge >= 0.3 is 0 Å². The summed E-state index contributed by atoms with van der Waals surface area (Å²) in [6.07, 6.45) is 1.57. The van der Waals surface area contributed by atoms with E-state index >= 15 is 0 Å². The number of aldehydes is 1. The molecule has 0 amide bonds. The molecular formula is C16H16O3. The average Bonchev–Trinajstić information content (AvgIpc) is 2.48. The van der Waals surface area contributed by atoms with Gasteiger partial charge in [-0.15, -0.1) is 0 Å². The smallest absolute Gasteiger partial charge is 0.153 e. The van der Waals surface area contributed by atoms with Crippen molar-refractivity contribution in [1.82, 2.24) is 0 Å². The molecule has 0 unspecified atom stereocenters. The van der Waals surface area contributed by atoms with E-state index in [-0.39, 0.29) is 0 Å². The first-order valence-electron chi connectivity index (χ1n) is 6.13. The zero-order valence-electron chi connectivity index (χ0n) is 10.8. The van der Waals surface area contributed by atoms with Gasteiger partial charge in [-0.1, -0.05) is 24.3 Å².